The van der Waals surface area contributed by atoms with E-state index in [-0.39, 0.29) is 6.04 Å². The minimum atomic E-state index is 0.161. The van der Waals surface area contributed by atoms with Crippen LogP contribution in [0.15, 0.2) is 28.7 Å². The van der Waals surface area contributed by atoms with Gasteiger partial charge in [-0.3, -0.25) is 4.90 Å². The molecule has 2 N–H and O–H groups in total. The number of para-hydroxylation sites is 1. The number of hydrogen-bond acceptors (Lipinski definition) is 4. The van der Waals surface area contributed by atoms with Gasteiger partial charge < -0.3 is 14.9 Å². The Morgan fingerprint density at radius 2 is 2.22 bits per heavy atom. The molecule has 0 aliphatic heterocycles. The third kappa shape index (κ3) is 2.83. The van der Waals surface area contributed by atoms with Gasteiger partial charge in [0, 0.05) is 18.0 Å². The minimum absolute atomic E-state index is 0.161. The van der Waals surface area contributed by atoms with Crippen molar-refractivity contribution in [3.8, 4) is 5.75 Å². The van der Waals surface area contributed by atoms with Gasteiger partial charge in [0.05, 0.1) is 13.7 Å². The van der Waals surface area contributed by atoms with E-state index in [1.54, 1.807) is 7.11 Å². The highest BCUT2D eigenvalue weighted by molar-refractivity contribution is 5.83. The van der Waals surface area contributed by atoms with Crippen molar-refractivity contribution in [1.82, 2.24) is 4.90 Å². The summed E-state index contributed by atoms with van der Waals surface area (Å²) >= 11 is 0. The maximum atomic E-state index is 5.83. The highest BCUT2D eigenvalue weighted by Crippen LogP contribution is 2.28. The van der Waals surface area contributed by atoms with E-state index in [0.717, 1.165) is 35.6 Å². The molecule has 2 rings (SSSR count). The molecule has 0 radical (unpaired) electrons. The van der Waals surface area contributed by atoms with Gasteiger partial charge in [-0.1, -0.05) is 12.1 Å². The van der Waals surface area contributed by atoms with Crippen LogP contribution >= 0.6 is 0 Å². The number of ether oxygens (including phenoxy) is 1. The summed E-state index contributed by atoms with van der Waals surface area (Å²) in [5, 5.41) is 1.07. The summed E-state index contributed by atoms with van der Waals surface area (Å²) < 4.78 is 11.1. The Balaban J connectivity index is 2.20. The van der Waals surface area contributed by atoms with Crippen LogP contribution in [0.3, 0.4) is 0 Å². The summed E-state index contributed by atoms with van der Waals surface area (Å²) in [5.41, 5.74) is 6.58. The molecule has 0 aliphatic carbocycles. The van der Waals surface area contributed by atoms with Gasteiger partial charge in [0.2, 0.25) is 0 Å². The Bertz CT molecular complexity index is 519. The highest BCUT2D eigenvalue weighted by Gasteiger charge is 2.10. The van der Waals surface area contributed by atoms with Crippen LogP contribution in [0.1, 0.15) is 12.7 Å². The fraction of sp³-hybridized carbons (Fsp3) is 0.429. The lowest BCUT2D eigenvalue weighted by Gasteiger charge is -2.17. The largest absolute Gasteiger partial charge is 0.493 e. The van der Waals surface area contributed by atoms with Gasteiger partial charge in [-0.15, -0.1) is 0 Å². The van der Waals surface area contributed by atoms with Gasteiger partial charge in [0.15, 0.2) is 11.3 Å². The second-order valence-electron chi connectivity index (χ2n) is 4.77. The summed E-state index contributed by atoms with van der Waals surface area (Å²) in [6, 6.07) is 8.10. The summed E-state index contributed by atoms with van der Waals surface area (Å²) in [6.45, 7) is 3.59. The number of hydrogen-bond donors (Lipinski definition) is 1. The van der Waals surface area contributed by atoms with Crippen LogP contribution < -0.4 is 10.5 Å². The molecule has 2 aromatic rings. The smallest absolute Gasteiger partial charge is 0.176 e. The third-order valence-corrected chi connectivity index (χ3v) is 2.80. The number of furan rings is 1. The van der Waals surface area contributed by atoms with E-state index in [1.807, 2.05) is 32.2 Å². The Morgan fingerprint density at radius 3 is 2.89 bits per heavy atom. The maximum Gasteiger partial charge on any atom is 0.176 e. The van der Waals surface area contributed by atoms with Gasteiger partial charge in [-0.2, -0.15) is 0 Å². The molecule has 98 valence electrons. The van der Waals surface area contributed by atoms with E-state index >= 15 is 0 Å². The van der Waals surface area contributed by atoms with Crippen molar-refractivity contribution in [2.75, 3.05) is 20.7 Å². The van der Waals surface area contributed by atoms with Crippen molar-refractivity contribution < 1.29 is 9.15 Å². The quantitative estimate of drug-likeness (QED) is 0.881. The van der Waals surface area contributed by atoms with Crippen molar-refractivity contribution in [3.05, 3.63) is 30.0 Å². The minimum Gasteiger partial charge on any atom is -0.493 e. The molecule has 4 heteroatoms. The Hall–Kier alpha value is -1.52. The molecular weight excluding hydrogens is 228 g/mol. The van der Waals surface area contributed by atoms with Crippen molar-refractivity contribution in [2.24, 2.45) is 5.73 Å². The Morgan fingerprint density at radius 1 is 1.44 bits per heavy atom. The number of methoxy groups -OCH3 is 1. The highest BCUT2D eigenvalue weighted by atomic mass is 16.5. The Kier molecular flexibility index (Phi) is 3.89. The van der Waals surface area contributed by atoms with Crippen LogP contribution in [-0.4, -0.2) is 31.6 Å². The molecule has 0 amide bonds. The number of likely N-dealkylation sites (N-methyl/N-ethyl adjacent to an activating group) is 1. The first-order valence-corrected chi connectivity index (χ1v) is 6.09. The second-order valence-corrected chi connectivity index (χ2v) is 4.77. The molecule has 1 unspecified atom stereocenters. The molecule has 1 heterocycles. The number of nitrogens with zero attached hydrogens (tertiary/aromatic N) is 1. The first-order chi connectivity index (χ1) is 8.60. The Labute approximate surface area is 107 Å². The van der Waals surface area contributed by atoms with Crippen LogP contribution in [0, 0.1) is 0 Å². The van der Waals surface area contributed by atoms with E-state index < -0.39 is 0 Å². The van der Waals surface area contributed by atoms with Crippen molar-refractivity contribution in [1.29, 1.82) is 0 Å². The monoisotopic (exact) mass is 248 g/mol. The van der Waals surface area contributed by atoms with Crippen molar-refractivity contribution in [3.63, 3.8) is 0 Å². The molecule has 1 atom stereocenters. The van der Waals surface area contributed by atoms with Crippen LogP contribution in [0.25, 0.3) is 11.0 Å². The molecule has 0 aliphatic rings. The predicted octanol–water partition coefficient (Wildman–Crippen LogP) is 2.22. The summed E-state index contributed by atoms with van der Waals surface area (Å²) in [7, 11) is 3.69. The maximum absolute atomic E-state index is 5.83. The van der Waals surface area contributed by atoms with E-state index in [4.69, 9.17) is 14.9 Å². The molecule has 0 saturated heterocycles. The molecule has 0 fully saturated rings. The zero-order valence-electron chi connectivity index (χ0n) is 11.1. The van der Waals surface area contributed by atoms with Crippen molar-refractivity contribution >= 4 is 11.0 Å². The zero-order valence-corrected chi connectivity index (χ0v) is 11.1. The summed E-state index contributed by atoms with van der Waals surface area (Å²) in [6.07, 6.45) is 0. The molecular formula is C14H20N2O2. The molecule has 18 heavy (non-hydrogen) atoms. The van der Waals surface area contributed by atoms with Gasteiger partial charge in [0.1, 0.15) is 5.76 Å². The number of rotatable bonds is 5. The van der Waals surface area contributed by atoms with Crippen LogP contribution in [0.5, 0.6) is 5.75 Å². The van der Waals surface area contributed by atoms with Crippen LogP contribution in [0.4, 0.5) is 0 Å². The van der Waals surface area contributed by atoms with Gasteiger partial charge in [0.25, 0.3) is 0 Å². The molecule has 0 spiro atoms. The van der Waals surface area contributed by atoms with Gasteiger partial charge in [-0.25, -0.2) is 0 Å². The topological polar surface area (TPSA) is 51.6 Å². The summed E-state index contributed by atoms with van der Waals surface area (Å²) in [5.74, 6) is 1.70. The zero-order chi connectivity index (χ0) is 13.1. The number of benzene rings is 1. The first kappa shape index (κ1) is 12.9. The number of fused-ring (bicyclic) bond motifs is 1. The average Bonchev–Trinajstić information content (AvgIpc) is 2.69. The predicted molar refractivity (Wildman–Crippen MR) is 72.7 cm³/mol. The van der Waals surface area contributed by atoms with Gasteiger partial charge >= 0.3 is 0 Å². The lowest BCUT2D eigenvalue weighted by molar-refractivity contribution is 0.285. The third-order valence-electron chi connectivity index (χ3n) is 2.80. The average molecular weight is 248 g/mol. The fourth-order valence-corrected chi connectivity index (χ4v) is 2.15. The standard InChI is InChI=1S/C14H20N2O2/c1-10(15)8-16(2)9-12-7-11-5-4-6-13(17-3)14(11)18-12/h4-7,10H,8-9,15H2,1-3H3. The van der Waals surface area contributed by atoms with E-state index in [2.05, 4.69) is 11.0 Å². The van der Waals surface area contributed by atoms with E-state index in [0.29, 0.717) is 0 Å². The van der Waals surface area contributed by atoms with E-state index in [9.17, 15) is 0 Å². The second kappa shape index (κ2) is 5.42. The fourth-order valence-electron chi connectivity index (χ4n) is 2.15. The molecule has 4 nitrogen and oxygen atoms in total. The molecule has 1 aromatic carbocycles. The van der Waals surface area contributed by atoms with Crippen molar-refractivity contribution in [2.45, 2.75) is 19.5 Å². The molecule has 0 saturated carbocycles. The van der Waals surface area contributed by atoms with Gasteiger partial charge in [-0.05, 0) is 26.1 Å². The summed E-state index contributed by atoms with van der Waals surface area (Å²) in [4.78, 5) is 2.15. The first-order valence-electron chi connectivity index (χ1n) is 6.09. The van der Waals surface area contributed by atoms with Crippen LogP contribution in [0.2, 0.25) is 0 Å². The van der Waals surface area contributed by atoms with Crippen LogP contribution in [-0.2, 0) is 6.54 Å². The normalized spacial score (nSPS) is 13.2. The number of nitrogens with two attached hydrogens (primary N) is 1. The molecule has 0 bridgehead atoms. The SMILES string of the molecule is COc1cccc2cc(CN(C)CC(C)N)oc12. The van der Waals surface area contributed by atoms with E-state index in [1.165, 1.54) is 0 Å². The molecule has 1 aromatic heterocycles. The lowest BCUT2D eigenvalue weighted by atomic mass is 10.2. The lowest BCUT2D eigenvalue weighted by Crippen LogP contribution is -2.32.